The summed E-state index contributed by atoms with van der Waals surface area (Å²) in [6.45, 7) is 0.912. The Morgan fingerprint density at radius 2 is 2.15 bits per heavy atom. The summed E-state index contributed by atoms with van der Waals surface area (Å²) in [5, 5.41) is 3.77. The number of nitrogens with two attached hydrogens (primary N) is 1. The molecule has 5 nitrogen and oxygen atoms in total. The summed E-state index contributed by atoms with van der Waals surface area (Å²) >= 11 is 0. The van der Waals surface area contributed by atoms with E-state index in [0.29, 0.717) is 24.8 Å². The molecule has 13 heavy (non-hydrogen) atoms. The van der Waals surface area contributed by atoms with Gasteiger partial charge in [-0.2, -0.15) is 4.98 Å². The summed E-state index contributed by atoms with van der Waals surface area (Å²) in [6, 6.07) is 3.90. The highest BCUT2D eigenvalue weighted by atomic mass is 16.5. The molecule has 0 radical (unpaired) electrons. The number of nitrogens with zero attached hydrogens (tertiary/aromatic N) is 3. The average molecular weight is 178 g/mol. The van der Waals surface area contributed by atoms with Crippen LogP contribution in [-0.2, 0) is 13.1 Å². The van der Waals surface area contributed by atoms with Gasteiger partial charge in [0.15, 0.2) is 5.82 Å². The first-order chi connectivity index (χ1) is 6.38. The van der Waals surface area contributed by atoms with Crippen molar-refractivity contribution in [3.05, 3.63) is 36.2 Å². The number of hydrogen-bond acceptors (Lipinski definition) is 4. The van der Waals surface area contributed by atoms with Gasteiger partial charge >= 0.3 is 0 Å². The molecule has 0 unspecified atom stereocenters. The summed E-state index contributed by atoms with van der Waals surface area (Å²) in [4.78, 5) is 4.08. The van der Waals surface area contributed by atoms with Gasteiger partial charge in [-0.1, -0.05) is 5.16 Å². The zero-order valence-electron chi connectivity index (χ0n) is 7.05. The third kappa shape index (κ3) is 1.75. The quantitative estimate of drug-likeness (QED) is 0.737. The lowest BCUT2D eigenvalue weighted by Crippen LogP contribution is -2.00. The van der Waals surface area contributed by atoms with Gasteiger partial charge < -0.3 is 14.8 Å². The van der Waals surface area contributed by atoms with Crippen LogP contribution in [0, 0.1) is 0 Å². The van der Waals surface area contributed by atoms with Crippen LogP contribution < -0.4 is 5.73 Å². The van der Waals surface area contributed by atoms with Gasteiger partial charge in [0.1, 0.15) is 0 Å². The van der Waals surface area contributed by atoms with Crippen molar-refractivity contribution in [1.82, 2.24) is 14.7 Å². The fraction of sp³-hybridized carbons (Fsp3) is 0.250. The number of hydrogen-bond donors (Lipinski definition) is 1. The Bertz CT molecular complexity index is 365. The molecule has 0 saturated heterocycles. The number of rotatable bonds is 3. The van der Waals surface area contributed by atoms with Crippen LogP contribution in [0.3, 0.4) is 0 Å². The molecule has 0 aliphatic rings. The topological polar surface area (TPSA) is 69.9 Å². The van der Waals surface area contributed by atoms with Crippen molar-refractivity contribution in [3.63, 3.8) is 0 Å². The zero-order valence-corrected chi connectivity index (χ0v) is 7.05. The smallest absolute Gasteiger partial charge is 0.240 e. The minimum atomic E-state index is 0.290. The van der Waals surface area contributed by atoms with Gasteiger partial charge in [-0.3, -0.25) is 0 Å². The lowest BCUT2D eigenvalue weighted by atomic mass is 10.6. The minimum absolute atomic E-state index is 0.290. The van der Waals surface area contributed by atoms with Crippen molar-refractivity contribution in [2.45, 2.75) is 13.1 Å². The van der Waals surface area contributed by atoms with E-state index in [1.165, 1.54) is 0 Å². The van der Waals surface area contributed by atoms with E-state index >= 15 is 0 Å². The molecule has 2 rings (SSSR count). The van der Waals surface area contributed by atoms with Gasteiger partial charge in [0.2, 0.25) is 5.89 Å². The highest BCUT2D eigenvalue weighted by Crippen LogP contribution is 1.99. The van der Waals surface area contributed by atoms with Crippen LogP contribution in [0.4, 0.5) is 0 Å². The van der Waals surface area contributed by atoms with Crippen LogP contribution in [0.5, 0.6) is 0 Å². The van der Waals surface area contributed by atoms with Crippen molar-refractivity contribution in [1.29, 1.82) is 0 Å². The predicted octanol–water partition coefficient (Wildman–Crippen LogP) is 0.378. The molecule has 0 aliphatic heterocycles. The predicted molar refractivity (Wildman–Crippen MR) is 45.7 cm³/mol. The molecule has 68 valence electrons. The van der Waals surface area contributed by atoms with Gasteiger partial charge in [0.05, 0.1) is 13.1 Å². The third-order valence-corrected chi connectivity index (χ3v) is 1.67. The molecule has 2 aromatic rings. The molecule has 0 aromatic carbocycles. The van der Waals surface area contributed by atoms with Gasteiger partial charge in [0.25, 0.3) is 0 Å². The Balaban J connectivity index is 2.10. The van der Waals surface area contributed by atoms with Crippen molar-refractivity contribution < 1.29 is 4.52 Å². The molecule has 0 fully saturated rings. The maximum Gasteiger partial charge on any atom is 0.240 e. The van der Waals surface area contributed by atoms with Crippen molar-refractivity contribution >= 4 is 0 Å². The van der Waals surface area contributed by atoms with E-state index in [1.54, 1.807) is 0 Å². The normalized spacial score (nSPS) is 10.5. The molecule has 2 heterocycles. The second kappa shape index (κ2) is 3.40. The Labute approximate surface area is 75.2 Å². The standard InChI is InChI=1S/C8H10N4O/c9-5-8-10-7(11-13-8)6-12-3-1-2-4-12/h1-4H,5-6,9H2. The third-order valence-electron chi connectivity index (χ3n) is 1.67. The van der Waals surface area contributed by atoms with Crippen LogP contribution >= 0.6 is 0 Å². The van der Waals surface area contributed by atoms with E-state index < -0.39 is 0 Å². The summed E-state index contributed by atoms with van der Waals surface area (Å²) < 4.78 is 6.83. The molecule has 0 atom stereocenters. The Kier molecular flexibility index (Phi) is 2.09. The maximum atomic E-state index is 5.33. The Morgan fingerprint density at radius 1 is 1.38 bits per heavy atom. The summed E-state index contributed by atoms with van der Waals surface area (Å²) in [5.41, 5.74) is 5.33. The first kappa shape index (κ1) is 8.00. The van der Waals surface area contributed by atoms with Crippen LogP contribution in [0.25, 0.3) is 0 Å². The molecule has 0 spiro atoms. The molecule has 0 aliphatic carbocycles. The monoisotopic (exact) mass is 178 g/mol. The highest BCUT2D eigenvalue weighted by molar-refractivity contribution is 4.94. The van der Waals surface area contributed by atoms with Gasteiger partial charge in [-0.05, 0) is 12.1 Å². The maximum absolute atomic E-state index is 5.33. The Morgan fingerprint density at radius 3 is 2.77 bits per heavy atom. The summed E-state index contributed by atoms with van der Waals surface area (Å²) in [7, 11) is 0. The van der Waals surface area contributed by atoms with E-state index in [9.17, 15) is 0 Å². The van der Waals surface area contributed by atoms with Crippen LogP contribution in [0.2, 0.25) is 0 Å². The largest absolute Gasteiger partial charge is 0.347 e. The average Bonchev–Trinajstić information content (AvgIpc) is 2.76. The molecule has 0 bridgehead atoms. The first-order valence-electron chi connectivity index (χ1n) is 4.01. The van der Waals surface area contributed by atoms with Crippen molar-refractivity contribution in [3.8, 4) is 0 Å². The Hall–Kier alpha value is -1.62. The molecule has 2 N–H and O–H groups in total. The van der Waals surface area contributed by atoms with Crippen molar-refractivity contribution in [2.24, 2.45) is 5.73 Å². The lowest BCUT2D eigenvalue weighted by Gasteiger charge is -1.94. The van der Waals surface area contributed by atoms with Crippen LogP contribution in [0.15, 0.2) is 29.0 Å². The fourth-order valence-electron chi connectivity index (χ4n) is 1.08. The molecular weight excluding hydrogens is 168 g/mol. The zero-order chi connectivity index (χ0) is 9.10. The van der Waals surface area contributed by atoms with E-state index in [0.717, 1.165) is 0 Å². The van der Waals surface area contributed by atoms with Crippen molar-refractivity contribution in [2.75, 3.05) is 0 Å². The van der Waals surface area contributed by atoms with E-state index in [4.69, 9.17) is 10.3 Å². The highest BCUT2D eigenvalue weighted by Gasteiger charge is 2.03. The van der Waals surface area contributed by atoms with E-state index in [-0.39, 0.29) is 0 Å². The summed E-state index contributed by atoms with van der Waals surface area (Å²) in [5.74, 6) is 1.12. The summed E-state index contributed by atoms with van der Waals surface area (Å²) in [6.07, 6.45) is 3.89. The van der Waals surface area contributed by atoms with Gasteiger partial charge in [-0.25, -0.2) is 0 Å². The fourth-order valence-corrected chi connectivity index (χ4v) is 1.08. The number of aromatic nitrogens is 3. The lowest BCUT2D eigenvalue weighted by molar-refractivity contribution is 0.373. The molecular formula is C8H10N4O. The second-order valence-electron chi connectivity index (χ2n) is 2.66. The first-order valence-corrected chi connectivity index (χ1v) is 4.01. The molecule has 2 aromatic heterocycles. The molecule has 0 amide bonds. The molecule has 0 saturated carbocycles. The van der Waals surface area contributed by atoms with Gasteiger partial charge in [-0.15, -0.1) is 0 Å². The second-order valence-corrected chi connectivity index (χ2v) is 2.66. The van der Waals surface area contributed by atoms with E-state index in [2.05, 4.69) is 10.1 Å². The SMILES string of the molecule is NCc1nc(Cn2cccc2)no1. The van der Waals surface area contributed by atoms with Crippen LogP contribution in [0.1, 0.15) is 11.7 Å². The molecule has 5 heteroatoms. The van der Waals surface area contributed by atoms with E-state index in [1.807, 2.05) is 29.1 Å². The minimum Gasteiger partial charge on any atom is -0.347 e. The van der Waals surface area contributed by atoms with Gasteiger partial charge in [0, 0.05) is 12.4 Å². The van der Waals surface area contributed by atoms with Crippen LogP contribution in [-0.4, -0.2) is 14.7 Å².